The van der Waals surface area contributed by atoms with Crippen LogP contribution >= 0.6 is 0 Å². The predicted molar refractivity (Wildman–Crippen MR) is 101 cm³/mol. The summed E-state index contributed by atoms with van der Waals surface area (Å²) in [4.78, 5) is 26.5. The summed E-state index contributed by atoms with van der Waals surface area (Å²) < 4.78 is 0. The van der Waals surface area contributed by atoms with E-state index in [1.807, 2.05) is 54.3 Å². The molecule has 4 nitrogen and oxygen atoms in total. The van der Waals surface area contributed by atoms with Crippen molar-refractivity contribution < 1.29 is 9.59 Å². The largest absolute Gasteiger partial charge is 0.322 e. The average molecular weight is 336 g/mol. The highest BCUT2D eigenvalue weighted by Gasteiger charge is 2.24. The van der Waals surface area contributed by atoms with Crippen molar-refractivity contribution in [3.05, 3.63) is 59.2 Å². The minimum absolute atomic E-state index is 0.120. The number of carbonyl (C=O) groups is 2. The lowest BCUT2D eigenvalue weighted by Crippen LogP contribution is -2.37. The molecule has 2 aromatic rings. The summed E-state index contributed by atoms with van der Waals surface area (Å²) >= 11 is 0. The molecule has 0 radical (unpaired) electrons. The van der Waals surface area contributed by atoms with Gasteiger partial charge in [0.2, 0.25) is 5.91 Å². The maximum Gasteiger partial charge on any atom is 0.255 e. The fraction of sp³-hybridized carbons (Fsp3) is 0.333. The van der Waals surface area contributed by atoms with Crippen molar-refractivity contribution in [2.24, 2.45) is 5.92 Å². The van der Waals surface area contributed by atoms with Crippen molar-refractivity contribution in [2.45, 2.75) is 33.6 Å². The van der Waals surface area contributed by atoms with E-state index in [0.717, 1.165) is 35.5 Å². The summed E-state index contributed by atoms with van der Waals surface area (Å²) in [6, 6.07) is 13.3. The van der Waals surface area contributed by atoms with E-state index in [-0.39, 0.29) is 11.8 Å². The fourth-order valence-corrected chi connectivity index (χ4v) is 3.11. The normalized spacial score (nSPS) is 13.8. The monoisotopic (exact) mass is 336 g/mol. The Morgan fingerprint density at radius 1 is 1.12 bits per heavy atom. The van der Waals surface area contributed by atoms with Crippen LogP contribution in [0.4, 0.5) is 11.4 Å². The van der Waals surface area contributed by atoms with Crippen LogP contribution in [-0.2, 0) is 11.2 Å². The fourth-order valence-electron chi connectivity index (χ4n) is 3.11. The van der Waals surface area contributed by atoms with Crippen LogP contribution in [0, 0.1) is 12.8 Å². The van der Waals surface area contributed by atoms with Crippen LogP contribution in [0.1, 0.15) is 41.8 Å². The first-order chi connectivity index (χ1) is 11.9. The quantitative estimate of drug-likeness (QED) is 0.910. The van der Waals surface area contributed by atoms with Crippen LogP contribution in [-0.4, -0.2) is 18.4 Å². The zero-order chi connectivity index (χ0) is 18.0. The van der Waals surface area contributed by atoms with Crippen LogP contribution < -0.4 is 10.2 Å². The van der Waals surface area contributed by atoms with Gasteiger partial charge < -0.3 is 10.2 Å². The van der Waals surface area contributed by atoms with Gasteiger partial charge in [-0.15, -0.1) is 0 Å². The molecular formula is C21H24N2O2. The molecule has 1 aliphatic rings. The number of aryl methyl sites for hydroxylation is 2. The smallest absolute Gasteiger partial charge is 0.255 e. The van der Waals surface area contributed by atoms with Gasteiger partial charge in [0.15, 0.2) is 0 Å². The molecular weight excluding hydrogens is 312 g/mol. The molecule has 0 aromatic heterocycles. The van der Waals surface area contributed by atoms with Gasteiger partial charge in [-0.25, -0.2) is 0 Å². The van der Waals surface area contributed by atoms with Crippen molar-refractivity contribution in [3.63, 3.8) is 0 Å². The van der Waals surface area contributed by atoms with Crippen molar-refractivity contribution >= 4 is 23.2 Å². The van der Waals surface area contributed by atoms with Crippen LogP contribution in [0.15, 0.2) is 42.5 Å². The molecule has 130 valence electrons. The zero-order valence-electron chi connectivity index (χ0n) is 15.0. The predicted octanol–water partition coefficient (Wildman–Crippen LogP) is 4.18. The molecule has 2 aromatic carbocycles. The molecule has 1 N–H and O–H groups in total. The number of hydrogen-bond donors (Lipinski definition) is 1. The number of hydrogen-bond acceptors (Lipinski definition) is 2. The van der Waals surface area contributed by atoms with Crippen LogP contribution in [0.25, 0.3) is 0 Å². The van der Waals surface area contributed by atoms with Gasteiger partial charge in [-0.1, -0.05) is 31.5 Å². The Labute approximate surface area is 148 Å². The first kappa shape index (κ1) is 17.2. The second kappa shape index (κ2) is 7.09. The van der Waals surface area contributed by atoms with Gasteiger partial charge >= 0.3 is 0 Å². The van der Waals surface area contributed by atoms with Crippen molar-refractivity contribution in [3.8, 4) is 0 Å². The first-order valence-electron chi connectivity index (χ1n) is 8.75. The van der Waals surface area contributed by atoms with Gasteiger partial charge in [0.1, 0.15) is 0 Å². The van der Waals surface area contributed by atoms with Gasteiger partial charge in [-0.05, 0) is 55.2 Å². The average Bonchev–Trinajstić information content (AvgIpc) is 2.57. The van der Waals surface area contributed by atoms with Crippen LogP contribution in [0.2, 0.25) is 0 Å². The summed E-state index contributed by atoms with van der Waals surface area (Å²) in [5.41, 5.74) is 4.61. The lowest BCUT2D eigenvalue weighted by molar-refractivity contribution is -0.119. The van der Waals surface area contributed by atoms with E-state index in [4.69, 9.17) is 0 Å². The molecule has 1 aliphatic heterocycles. The number of benzene rings is 2. The highest BCUT2D eigenvalue weighted by Crippen LogP contribution is 2.31. The molecule has 0 aliphatic carbocycles. The van der Waals surface area contributed by atoms with E-state index >= 15 is 0 Å². The highest BCUT2D eigenvalue weighted by molar-refractivity contribution is 6.04. The number of nitrogens with zero attached hydrogens (tertiary/aromatic N) is 1. The molecule has 1 heterocycles. The van der Waals surface area contributed by atoms with E-state index in [1.165, 1.54) is 0 Å². The third-order valence-corrected chi connectivity index (χ3v) is 4.40. The summed E-state index contributed by atoms with van der Waals surface area (Å²) in [7, 11) is 0. The van der Waals surface area contributed by atoms with Gasteiger partial charge in [-0.3, -0.25) is 9.59 Å². The van der Waals surface area contributed by atoms with Gasteiger partial charge in [0.05, 0.1) is 0 Å². The van der Waals surface area contributed by atoms with Crippen molar-refractivity contribution in [1.29, 1.82) is 0 Å². The topological polar surface area (TPSA) is 49.4 Å². The molecule has 0 saturated heterocycles. The van der Waals surface area contributed by atoms with Crippen LogP contribution in [0.5, 0.6) is 0 Å². The Morgan fingerprint density at radius 3 is 2.52 bits per heavy atom. The maximum absolute atomic E-state index is 12.4. The van der Waals surface area contributed by atoms with E-state index < -0.39 is 0 Å². The Kier molecular flexibility index (Phi) is 4.88. The van der Waals surface area contributed by atoms with E-state index in [1.54, 1.807) is 0 Å². The Bertz CT molecular complexity index is 794. The first-order valence-corrected chi connectivity index (χ1v) is 8.75. The van der Waals surface area contributed by atoms with Crippen molar-refractivity contribution in [1.82, 2.24) is 0 Å². The lowest BCUT2D eigenvalue weighted by atomic mass is 9.99. The summed E-state index contributed by atoms with van der Waals surface area (Å²) in [6.45, 7) is 6.94. The molecule has 0 unspecified atom stereocenters. The number of fused-ring (bicyclic) bond motifs is 1. The van der Waals surface area contributed by atoms with Gasteiger partial charge in [0, 0.05) is 29.9 Å². The van der Waals surface area contributed by atoms with Gasteiger partial charge in [0.25, 0.3) is 5.91 Å². The van der Waals surface area contributed by atoms with E-state index in [2.05, 4.69) is 19.2 Å². The summed E-state index contributed by atoms with van der Waals surface area (Å²) in [5, 5.41) is 2.95. The maximum atomic E-state index is 12.4. The third-order valence-electron chi connectivity index (χ3n) is 4.40. The number of carbonyl (C=O) groups excluding carboxylic acids is 2. The summed E-state index contributed by atoms with van der Waals surface area (Å²) in [6.07, 6.45) is 1.24. The molecule has 0 atom stereocenters. The lowest BCUT2D eigenvalue weighted by Gasteiger charge is -2.31. The number of rotatable bonds is 4. The zero-order valence-corrected chi connectivity index (χ0v) is 15.0. The molecule has 0 spiro atoms. The Hall–Kier alpha value is -2.62. The highest BCUT2D eigenvalue weighted by atomic mass is 16.2. The van der Waals surface area contributed by atoms with E-state index in [9.17, 15) is 9.59 Å². The minimum atomic E-state index is -0.120. The SMILES string of the molecule is Cc1ccc(C(=O)Nc2ccc3c(c2)CCC(=O)N3CC(C)C)cc1. The third kappa shape index (κ3) is 3.90. The van der Waals surface area contributed by atoms with Gasteiger partial charge in [-0.2, -0.15) is 0 Å². The minimum Gasteiger partial charge on any atom is -0.322 e. The van der Waals surface area contributed by atoms with E-state index in [0.29, 0.717) is 17.9 Å². The second-order valence-electron chi connectivity index (χ2n) is 7.06. The summed E-state index contributed by atoms with van der Waals surface area (Å²) in [5.74, 6) is 0.472. The molecule has 3 rings (SSSR count). The molecule has 0 bridgehead atoms. The molecule has 4 heteroatoms. The Morgan fingerprint density at radius 2 is 1.84 bits per heavy atom. The standard InChI is InChI=1S/C21H24N2O2/c1-14(2)13-23-19-10-9-18(12-17(19)8-11-20(23)24)22-21(25)16-6-4-15(3)5-7-16/h4-7,9-10,12,14H,8,11,13H2,1-3H3,(H,22,25). The molecule has 0 saturated carbocycles. The molecule has 0 fully saturated rings. The number of anilines is 2. The van der Waals surface area contributed by atoms with Crippen molar-refractivity contribution in [2.75, 3.05) is 16.8 Å². The Balaban J connectivity index is 1.80. The number of amides is 2. The second-order valence-corrected chi connectivity index (χ2v) is 7.06. The molecule has 25 heavy (non-hydrogen) atoms. The number of nitrogens with one attached hydrogen (secondary N) is 1. The van der Waals surface area contributed by atoms with Crippen LogP contribution in [0.3, 0.4) is 0 Å². The molecule has 2 amide bonds.